The predicted molar refractivity (Wildman–Crippen MR) is 74.6 cm³/mol. The van der Waals surface area contributed by atoms with Crippen LogP contribution >= 0.6 is 0 Å². The number of aromatic nitrogens is 1. The first-order chi connectivity index (χ1) is 7.96. The molecule has 0 bridgehead atoms. The molecule has 0 spiro atoms. The molecule has 95 valence electrons. The number of rotatable bonds is 5. The van der Waals surface area contributed by atoms with Gasteiger partial charge in [0.2, 0.25) is 5.88 Å². The van der Waals surface area contributed by atoms with Gasteiger partial charge in [-0.05, 0) is 36.8 Å². The highest BCUT2D eigenvalue weighted by molar-refractivity contribution is 6.76. The summed E-state index contributed by atoms with van der Waals surface area (Å²) < 4.78 is 5.78. The van der Waals surface area contributed by atoms with Crippen LogP contribution in [0.1, 0.15) is 29.9 Å². The maximum atomic E-state index is 5.78. The zero-order valence-corrected chi connectivity index (χ0v) is 12.4. The summed E-state index contributed by atoms with van der Waals surface area (Å²) in [6.45, 7) is 10.1. The number of ether oxygens (including phenoxy) is 1. The van der Waals surface area contributed by atoms with Gasteiger partial charge < -0.3 is 4.74 Å². The third kappa shape index (κ3) is 3.84. The third-order valence-electron chi connectivity index (χ3n) is 3.24. The Balaban J connectivity index is 1.95. The van der Waals surface area contributed by atoms with Gasteiger partial charge in [-0.3, -0.25) is 0 Å². The average molecular weight is 249 g/mol. The largest absolute Gasteiger partial charge is 0.481 e. The second kappa shape index (κ2) is 4.81. The molecule has 0 aliphatic heterocycles. The van der Waals surface area contributed by atoms with E-state index in [1.807, 2.05) is 6.20 Å². The maximum absolute atomic E-state index is 5.78. The molecule has 0 unspecified atom stereocenters. The molecule has 2 rings (SSSR count). The molecule has 2 nitrogen and oxygen atoms in total. The molecule has 0 atom stereocenters. The minimum absolute atomic E-state index is 0.775. The molecule has 0 aromatic carbocycles. The minimum Gasteiger partial charge on any atom is -0.481 e. The lowest BCUT2D eigenvalue weighted by molar-refractivity contribution is 0.324. The van der Waals surface area contributed by atoms with E-state index in [1.54, 1.807) is 0 Å². The Morgan fingerprint density at radius 1 is 1.35 bits per heavy atom. The van der Waals surface area contributed by atoms with Crippen LogP contribution in [-0.4, -0.2) is 19.7 Å². The second-order valence-corrected chi connectivity index (χ2v) is 11.9. The van der Waals surface area contributed by atoms with E-state index >= 15 is 0 Å². The molecule has 1 aliphatic carbocycles. The van der Waals surface area contributed by atoms with Gasteiger partial charge >= 0.3 is 0 Å². The fourth-order valence-corrected chi connectivity index (χ4v) is 2.61. The Hall–Kier alpha value is -0.833. The molecule has 1 aromatic heterocycles. The number of hydrogen-bond donors (Lipinski definition) is 0. The number of hydrogen-bond acceptors (Lipinski definition) is 2. The number of nitrogens with zero attached hydrogens (tertiary/aromatic N) is 1. The molecule has 1 aromatic rings. The van der Waals surface area contributed by atoms with Crippen LogP contribution in [0.4, 0.5) is 0 Å². The molecule has 1 heterocycles. The summed E-state index contributed by atoms with van der Waals surface area (Å²) in [6, 6.07) is 3.35. The van der Waals surface area contributed by atoms with Crippen molar-refractivity contribution in [2.75, 3.05) is 6.61 Å². The lowest BCUT2D eigenvalue weighted by Gasteiger charge is -2.26. The molecule has 1 aliphatic rings. The fraction of sp³-hybridized carbons (Fsp3) is 0.643. The molecule has 3 heteroatoms. The van der Waals surface area contributed by atoms with E-state index in [4.69, 9.17) is 4.74 Å². The molecule has 0 saturated heterocycles. The Kier molecular flexibility index (Phi) is 3.57. The SMILES string of the molecule is Cc1cnc(OCC[Si-](C)(C)C)cc1C1CC1. The molecule has 0 N–H and O–H groups in total. The van der Waals surface area contributed by atoms with Gasteiger partial charge in [0.1, 0.15) is 0 Å². The molecular weight excluding hydrogens is 226 g/mol. The van der Waals surface area contributed by atoms with Gasteiger partial charge in [0.05, 0.1) is 6.61 Å². The molecule has 0 amide bonds. The van der Waals surface area contributed by atoms with E-state index in [1.165, 1.54) is 30.0 Å². The Labute approximate surface area is 105 Å². The summed E-state index contributed by atoms with van der Waals surface area (Å²) in [6.07, 6.45) is 4.62. The Morgan fingerprint density at radius 2 is 2.06 bits per heavy atom. The van der Waals surface area contributed by atoms with Gasteiger partial charge in [0.25, 0.3) is 0 Å². The molecule has 0 radical (unpaired) electrons. The van der Waals surface area contributed by atoms with E-state index in [2.05, 4.69) is 37.6 Å². The first kappa shape index (κ1) is 12.6. The lowest BCUT2D eigenvalue weighted by Crippen LogP contribution is -2.22. The topological polar surface area (TPSA) is 22.1 Å². The van der Waals surface area contributed by atoms with Gasteiger partial charge in [-0.1, -0.05) is 0 Å². The molecule has 17 heavy (non-hydrogen) atoms. The van der Waals surface area contributed by atoms with Crippen LogP contribution < -0.4 is 4.74 Å². The van der Waals surface area contributed by atoms with Crippen molar-refractivity contribution in [3.8, 4) is 5.88 Å². The summed E-state index contributed by atoms with van der Waals surface area (Å²) in [5.41, 5.74) is 2.76. The van der Waals surface area contributed by atoms with E-state index in [9.17, 15) is 0 Å². The standard InChI is InChI=1S/C14H23NOSi/c1-11-10-15-14(9-13(11)12-5-6-12)16-7-8-17(2,3)4/h9-10,12H,5-8H2,1-4H3/q-1. The first-order valence-corrected chi connectivity index (χ1v) is 10.3. The van der Waals surface area contributed by atoms with E-state index in [0.29, 0.717) is 0 Å². The molecule has 1 saturated carbocycles. The zero-order chi connectivity index (χ0) is 12.5. The van der Waals surface area contributed by atoms with E-state index < -0.39 is 8.07 Å². The summed E-state index contributed by atoms with van der Waals surface area (Å²) in [5.74, 6) is 1.59. The summed E-state index contributed by atoms with van der Waals surface area (Å²) >= 11 is 0. The van der Waals surface area contributed by atoms with Crippen molar-refractivity contribution < 1.29 is 4.74 Å². The highest BCUT2D eigenvalue weighted by Gasteiger charge is 2.25. The average Bonchev–Trinajstić information content (AvgIpc) is 3.02. The fourth-order valence-electron chi connectivity index (χ4n) is 1.89. The van der Waals surface area contributed by atoms with Crippen molar-refractivity contribution in [3.05, 3.63) is 23.4 Å². The Bertz CT molecular complexity index is 394. The van der Waals surface area contributed by atoms with Gasteiger partial charge in [-0.2, -0.15) is 19.6 Å². The van der Waals surface area contributed by atoms with Crippen molar-refractivity contribution in [1.82, 2.24) is 4.98 Å². The van der Waals surface area contributed by atoms with Crippen LogP contribution in [-0.2, 0) is 0 Å². The quantitative estimate of drug-likeness (QED) is 0.736. The summed E-state index contributed by atoms with van der Waals surface area (Å²) in [5, 5.41) is 0. The van der Waals surface area contributed by atoms with Crippen molar-refractivity contribution >= 4 is 8.07 Å². The van der Waals surface area contributed by atoms with Crippen LogP contribution in [0, 0.1) is 6.92 Å². The second-order valence-electron chi connectivity index (χ2n) is 6.31. The van der Waals surface area contributed by atoms with Crippen molar-refractivity contribution in [2.24, 2.45) is 0 Å². The van der Waals surface area contributed by atoms with E-state index in [0.717, 1.165) is 18.4 Å². The minimum atomic E-state index is -0.998. The van der Waals surface area contributed by atoms with Crippen molar-refractivity contribution in [1.29, 1.82) is 0 Å². The van der Waals surface area contributed by atoms with Crippen molar-refractivity contribution in [2.45, 2.75) is 51.4 Å². The number of pyridine rings is 1. The van der Waals surface area contributed by atoms with Crippen LogP contribution in [0.5, 0.6) is 5.88 Å². The monoisotopic (exact) mass is 249 g/mol. The number of aryl methyl sites for hydroxylation is 1. The van der Waals surface area contributed by atoms with Crippen molar-refractivity contribution in [3.63, 3.8) is 0 Å². The summed E-state index contributed by atoms with van der Waals surface area (Å²) in [4.78, 5) is 4.36. The van der Waals surface area contributed by atoms with Crippen LogP contribution in [0.3, 0.4) is 0 Å². The Morgan fingerprint density at radius 3 is 2.65 bits per heavy atom. The van der Waals surface area contributed by atoms with Crippen LogP contribution in [0.2, 0.25) is 25.7 Å². The van der Waals surface area contributed by atoms with Gasteiger partial charge in [0.15, 0.2) is 0 Å². The van der Waals surface area contributed by atoms with Crippen LogP contribution in [0.25, 0.3) is 0 Å². The highest BCUT2D eigenvalue weighted by atomic mass is 28.3. The molecular formula is C14H23NOSi-. The van der Waals surface area contributed by atoms with Gasteiger partial charge in [-0.25, -0.2) is 4.98 Å². The highest BCUT2D eigenvalue weighted by Crippen LogP contribution is 2.42. The van der Waals surface area contributed by atoms with Crippen LogP contribution in [0.15, 0.2) is 12.3 Å². The zero-order valence-electron chi connectivity index (χ0n) is 11.4. The first-order valence-electron chi connectivity index (χ1n) is 6.55. The maximum Gasteiger partial charge on any atom is 0.213 e. The van der Waals surface area contributed by atoms with E-state index in [-0.39, 0.29) is 0 Å². The smallest absolute Gasteiger partial charge is 0.213 e. The molecule has 1 fully saturated rings. The van der Waals surface area contributed by atoms with Gasteiger partial charge in [-0.15, -0.1) is 14.1 Å². The normalized spacial score (nSPS) is 16.0. The third-order valence-corrected chi connectivity index (χ3v) is 4.94. The lowest BCUT2D eigenvalue weighted by atomic mass is 10.1. The summed E-state index contributed by atoms with van der Waals surface area (Å²) in [7, 11) is -0.998. The van der Waals surface area contributed by atoms with Gasteiger partial charge in [0, 0.05) is 12.3 Å². The predicted octanol–water partition coefficient (Wildman–Crippen LogP) is 3.98.